The van der Waals surface area contributed by atoms with Gasteiger partial charge in [-0.25, -0.2) is 4.39 Å². The van der Waals surface area contributed by atoms with Crippen molar-refractivity contribution < 1.29 is 9.50 Å². The fourth-order valence-electron chi connectivity index (χ4n) is 1.78. The van der Waals surface area contributed by atoms with Gasteiger partial charge in [0.2, 0.25) is 0 Å². The lowest BCUT2D eigenvalue weighted by molar-refractivity contribution is 0.281. The van der Waals surface area contributed by atoms with Gasteiger partial charge in [-0.2, -0.15) is 0 Å². The van der Waals surface area contributed by atoms with Gasteiger partial charge in [0.15, 0.2) is 0 Å². The van der Waals surface area contributed by atoms with Gasteiger partial charge < -0.3 is 15.7 Å². The van der Waals surface area contributed by atoms with E-state index in [1.807, 2.05) is 14.1 Å². The molecule has 0 aliphatic carbocycles. The molecule has 0 spiro atoms. The summed E-state index contributed by atoms with van der Waals surface area (Å²) < 4.78 is 12.4. The van der Waals surface area contributed by atoms with Crippen molar-refractivity contribution in [3.05, 3.63) is 70.0 Å². The normalized spacial score (nSPS) is 10.4. The largest absolute Gasteiger partial charge is 0.392 e. The first kappa shape index (κ1) is 29.7. The topological polar surface area (TPSA) is 44.3 Å². The third kappa shape index (κ3) is 18.3. The first-order valence-corrected chi connectivity index (χ1v) is 10.5. The van der Waals surface area contributed by atoms with E-state index in [1.54, 1.807) is 0 Å². The van der Waals surface area contributed by atoms with E-state index in [2.05, 4.69) is 69.5 Å². The molecule has 2 aromatic rings. The second kappa shape index (κ2) is 19.8. The molecular weight excluding hydrogens is 387 g/mol. The van der Waals surface area contributed by atoms with Crippen LogP contribution in [0.3, 0.4) is 0 Å². The van der Waals surface area contributed by atoms with Gasteiger partial charge in [0, 0.05) is 6.04 Å². The summed E-state index contributed by atoms with van der Waals surface area (Å²) >= 11 is 5.41. The number of rotatable bonds is 5. The van der Waals surface area contributed by atoms with Crippen LogP contribution < -0.4 is 10.6 Å². The fraction of sp³-hybridized carbons (Fsp3) is 0.500. The van der Waals surface area contributed by atoms with Gasteiger partial charge in [-0.3, -0.25) is 0 Å². The molecule has 0 amide bonds. The third-order valence-corrected chi connectivity index (χ3v) is 3.99. The van der Waals surface area contributed by atoms with Crippen molar-refractivity contribution in [3.63, 3.8) is 0 Å². The Morgan fingerprint density at radius 3 is 1.83 bits per heavy atom. The summed E-state index contributed by atoms with van der Waals surface area (Å²) in [6, 6.07) is 13.2. The quantitative estimate of drug-likeness (QED) is 0.558. The van der Waals surface area contributed by atoms with Crippen molar-refractivity contribution in [1.29, 1.82) is 0 Å². The molecule has 5 heteroatoms. The number of hydrogen-bond acceptors (Lipinski definition) is 3. The molecule has 0 aliphatic rings. The predicted molar refractivity (Wildman–Crippen MR) is 126 cm³/mol. The van der Waals surface area contributed by atoms with E-state index < -0.39 is 5.82 Å². The zero-order chi connectivity index (χ0) is 22.7. The molecule has 29 heavy (non-hydrogen) atoms. The van der Waals surface area contributed by atoms with E-state index in [1.165, 1.54) is 42.2 Å². The summed E-state index contributed by atoms with van der Waals surface area (Å²) in [5.41, 5.74) is 3.28. The summed E-state index contributed by atoms with van der Waals surface area (Å²) in [4.78, 5) is 0. The van der Waals surface area contributed by atoms with Crippen LogP contribution in [-0.2, 0) is 6.61 Å². The number of halogens is 2. The summed E-state index contributed by atoms with van der Waals surface area (Å²) in [6.45, 7) is 11.6. The highest BCUT2D eigenvalue weighted by atomic mass is 35.5. The van der Waals surface area contributed by atoms with Crippen LogP contribution in [0.25, 0.3) is 0 Å². The Kier molecular flexibility index (Phi) is 20.3. The molecule has 0 fully saturated rings. The fourth-order valence-corrected chi connectivity index (χ4v) is 1.98. The van der Waals surface area contributed by atoms with Crippen molar-refractivity contribution in [2.75, 3.05) is 20.6 Å². The molecule has 1 atom stereocenters. The smallest absolute Gasteiger partial charge is 0.141 e. The summed E-state index contributed by atoms with van der Waals surface area (Å²) in [5.74, 6) is -0.459. The zero-order valence-corrected chi connectivity index (χ0v) is 19.9. The van der Waals surface area contributed by atoms with Crippen LogP contribution in [0.1, 0.15) is 50.3 Å². The molecule has 166 valence electrons. The van der Waals surface area contributed by atoms with Crippen LogP contribution in [0.4, 0.5) is 4.39 Å². The minimum absolute atomic E-state index is 0.0477. The molecule has 0 saturated carbocycles. The van der Waals surface area contributed by atoms with Crippen molar-refractivity contribution in [2.45, 2.75) is 60.1 Å². The van der Waals surface area contributed by atoms with Gasteiger partial charge in [-0.1, -0.05) is 73.3 Å². The monoisotopic (exact) mass is 426 g/mol. The maximum Gasteiger partial charge on any atom is 0.141 e. The van der Waals surface area contributed by atoms with Crippen LogP contribution in [0.5, 0.6) is 0 Å². The van der Waals surface area contributed by atoms with Gasteiger partial charge in [0.25, 0.3) is 0 Å². The molecule has 0 aliphatic heterocycles. The van der Waals surface area contributed by atoms with Crippen LogP contribution in [0, 0.1) is 19.7 Å². The molecular formula is C24H40ClFN2O. The van der Waals surface area contributed by atoms with Crippen LogP contribution in [0.2, 0.25) is 5.02 Å². The lowest BCUT2D eigenvalue weighted by Gasteiger charge is -2.07. The minimum Gasteiger partial charge on any atom is -0.392 e. The second-order valence-electron chi connectivity index (χ2n) is 6.85. The van der Waals surface area contributed by atoms with E-state index in [4.69, 9.17) is 16.7 Å². The predicted octanol–water partition coefficient (Wildman–Crippen LogP) is 5.89. The number of aryl methyl sites for hydroxylation is 2. The average molecular weight is 427 g/mol. The average Bonchev–Trinajstić information content (AvgIpc) is 2.72. The summed E-state index contributed by atoms with van der Waals surface area (Å²) in [6.07, 6.45) is 2.45. The van der Waals surface area contributed by atoms with Crippen LogP contribution in [-0.4, -0.2) is 31.8 Å². The molecule has 0 aromatic heterocycles. The third-order valence-electron chi connectivity index (χ3n) is 3.70. The van der Waals surface area contributed by atoms with E-state index in [0.717, 1.165) is 6.54 Å². The van der Waals surface area contributed by atoms with Crippen molar-refractivity contribution in [1.82, 2.24) is 10.6 Å². The van der Waals surface area contributed by atoms with Gasteiger partial charge in [0.05, 0.1) is 11.6 Å². The molecule has 2 aromatic carbocycles. The number of nitrogens with one attached hydrogen (secondary N) is 2. The molecule has 0 bridgehead atoms. The maximum absolute atomic E-state index is 12.4. The van der Waals surface area contributed by atoms with Gasteiger partial charge in [0.1, 0.15) is 5.82 Å². The van der Waals surface area contributed by atoms with Crippen molar-refractivity contribution in [2.24, 2.45) is 0 Å². The Morgan fingerprint density at radius 2 is 1.48 bits per heavy atom. The molecule has 1 unspecified atom stereocenters. The Morgan fingerprint density at radius 1 is 1.00 bits per heavy atom. The second-order valence-corrected chi connectivity index (χ2v) is 7.26. The highest BCUT2D eigenvalue weighted by Crippen LogP contribution is 2.15. The molecule has 0 saturated heterocycles. The minimum atomic E-state index is -0.459. The number of hydrogen-bond donors (Lipinski definition) is 3. The highest BCUT2D eigenvalue weighted by Gasteiger charge is 1.98. The van der Waals surface area contributed by atoms with Gasteiger partial charge in [-0.05, 0) is 65.5 Å². The molecule has 0 heterocycles. The van der Waals surface area contributed by atoms with Crippen molar-refractivity contribution >= 4 is 11.6 Å². The number of aliphatic hydroxyl groups excluding tert-OH is 1. The number of benzene rings is 2. The van der Waals surface area contributed by atoms with Crippen molar-refractivity contribution in [3.8, 4) is 0 Å². The maximum atomic E-state index is 12.4. The Bertz CT molecular complexity index is 600. The standard InChI is InChI=1S/C8H10.C7H6ClFO.C6H16N2.C3H8/c1-7-3-5-8(2)6-4-7;8-6-3-5(4-10)1-2-7(6)9;1-6(8-3)4-5-7-2;1-3-2/h3-6H,1-2H3;1-3,10H,4H2;6-8H,4-5H2,1-3H3;3H2,1-2H3. The van der Waals surface area contributed by atoms with Gasteiger partial charge in [-0.15, -0.1) is 0 Å². The molecule has 2 rings (SSSR count). The van der Waals surface area contributed by atoms with E-state index in [0.29, 0.717) is 11.6 Å². The first-order valence-electron chi connectivity index (χ1n) is 10.1. The highest BCUT2D eigenvalue weighted by molar-refractivity contribution is 6.30. The summed E-state index contributed by atoms with van der Waals surface area (Å²) in [7, 11) is 3.96. The molecule has 0 radical (unpaired) electrons. The van der Waals surface area contributed by atoms with E-state index >= 15 is 0 Å². The molecule has 3 nitrogen and oxygen atoms in total. The zero-order valence-electron chi connectivity index (χ0n) is 19.2. The number of aliphatic hydroxyl groups is 1. The summed E-state index contributed by atoms with van der Waals surface area (Å²) in [5, 5.41) is 14.9. The Hall–Kier alpha value is -1.46. The molecule has 3 N–H and O–H groups in total. The van der Waals surface area contributed by atoms with Gasteiger partial charge >= 0.3 is 0 Å². The van der Waals surface area contributed by atoms with Crippen LogP contribution in [0.15, 0.2) is 42.5 Å². The lowest BCUT2D eigenvalue weighted by Crippen LogP contribution is -2.25. The van der Waals surface area contributed by atoms with Crippen LogP contribution >= 0.6 is 11.6 Å². The Balaban J connectivity index is 0. The van der Waals surface area contributed by atoms with E-state index in [9.17, 15) is 4.39 Å². The first-order chi connectivity index (χ1) is 13.7. The van der Waals surface area contributed by atoms with E-state index in [-0.39, 0.29) is 11.6 Å². The Labute approximate surface area is 182 Å². The lowest BCUT2D eigenvalue weighted by atomic mass is 10.2. The SMILES string of the molecule is CCC.CNCCC(C)NC.Cc1ccc(C)cc1.OCc1ccc(F)c(Cl)c1.